The molecular weight excluding hydrogens is 476 g/mol. The molecule has 0 bridgehead atoms. The molecule has 35 heavy (non-hydrogen) atoms. The van der Waals surface area contributed by atoms with Crippen LogP contribution in [0.4, 0.5) is 0 Å². The van der Waals surface area contributed by atoms with Crippen LogP contribution < -0.4 is 14.9 Å². The van der Waals surface area contributed by atoms with Gasteiger partial charge in [0, 0.05) is 4.90 Å². The van der Waals surface area contributed by atoms with Crippen LogP contribution in [0.3, 0.4) is 0 Å². The lowest BCUT2D eigenvalue weighted by Crippen LogP contribution is -2.40. The molecule has 0 unspecified atom stereocenters. The minimum absolute atomic E-state index is 0.164. The van der Waals surface area contributed by atoms with Crippen molar-refractivity contribution in [3.63, 3.8) is 0 Å². The molecule has 4 rings (SSSR count). The number of esters is 1. The first-order valence-corrected chi connectivity index (χ1v) is 13.7. The number of hydrogen-bond acceptors (Lipinski definition) is 6. The van der Waals surface area contributed by atoms with Crippen LogP contribution in [-0.4, -0.2) is 22.9 Å². The van der Waals surface area contributed by atoms with E-state index in [1.165, 1.54) is 16.9 Å². The van der Waals surface area contributed by atoms with Gasteiger partial charge in [0.1, 0.15) is 0 Å². The monoisotopic (exact) mass is 506 g/mol. The Labute approximate surface area is 213 Å². The highest BCUT2D eigenvalue weighted by Gasteiger charge is 2.33. The molecule has 2 aromatic carbocycles. The van der Waals surface area contributed by atoms with Crippen molar-refractivity contribution >= 4 is 35.1 Å². The molecule has 0 fully saturated rings. The molecule has 0 spiro atoms. The average Bonchev–Trinajstić information content (AvgIpc) is 3.12. The number of nitrogens with zero attached hydrogens (tertiary/aromatic N) is 2. The highest BCUT2D eigenvalue weighted by Crippen LogP contribution is 2.32. The van der Waals surface area contributed by atoms with E-state index < -0.39 is 12.0 Å². The SMILES string of the molecule is CSc1ccc([C@@H]2C(C(=O)OC(C)C)=C(C)N=c3s/c(=C\c4ccc(C(C)C)cc4)c(=O)n32)cc1. The van der Waals surface area contributed by atoms with Gasteiger partial charge in [-0.05, 0) is 67.8 Å². The predicted molar refractivity (Wildman–Crippen MR) is 144 cm³/mol. The van der Waals surface area contributed by atoms with Crippen LogP contribution >= 0.6 is 23.1 Å². The number of carbonyl (C=O) groups is 1. The van der Waals surface area contributed by atoms with Crippen molar-refractivity contribution in [2.24, 2.45) is 4.99 Å². The van der Waals surface area contributed by atoms with Crippen LogP contribution in [0.15, 0.2) is 74.5 Å². The summed E-state index contributed by atoms with van der Waals surface area (Å²) in [6.07, 6.45) is 3.63. The number of thiazole rings is 1. The zero-order chi connectivity index (χ0) is 25.3. The summed E-state index contributed by atoms with van der Waals surface area (Å²) in [5.74, 6) is -0.00223. The molecule has 0 N–H and O–H groups in total. The molecule has 1 aliphatic heterocycles. The summed E-state index contributed by atoms with van der Waals surface area (Å²) in [6, 6.07) is 15.6. The third-order valence-corrected chi connectivity index (χ3v) is 7.64. The summed E-state index contributed by atoms with van der Waals surface area (Å²) in [5, 5.41) is 0. The first-order valence-electron chi connectivity index (χ1n) is 11.7. The molecule has 0 saturated heterocycles. The number of hydrogen-bond donors (Lipinski definition) is 0. The summed E-state index contributed by atoms with van der Waals surface area (Å²) < 4.78 is 7.78. The van der Waals surface area contributed by atoms with Crippen molar-refractivity contribution in [1.29, 1.82) is 0 Å². The molecule has 1 aromatic heterocycles. The van der Waals surface area contributed by atoms with Gasteiger partial charge < -0.3 is 4.74 Å². The molecule has 0 amide bonds. The summed E-state index contributed by atoms with van der Waals surface area (Å²) in [4.78, 5) is 33.2. The van der Waals surface area contributed by atoms with Gasteiger partial charge in [-0.15, -0.1) is 11.8 Å². The Hall–Kier alpha value is -2.90. The van der Waals surface area contributed by atoms with Crippen molar-refractivity contribution in [2.75, 3.05) is 6.26 Å². The molecule has 0 radical (unpaired) electrons. The lowest BCUT2D eigenvalue weighted by Gasteiger charge is -2.25. The van der Waals surface area contributed by atoms with E-state index in [9.17, 15) is 9.59 Å². The lowest BCUT2D eigenvalue weighted by atomic mass is 9.96. The number of thioether (sulfide) groups is 1. The minimum atomic E-state index is -0.598. The van der Waals surface area contributed by atoms with E-state index in [1.54, 1.807) is 16.3 Å². The number of benzene rings is 2. The van der Waals surface area contributed by atoms with E-state index in [-0.39, 0.29) is 11.7 Å². The second-order valence-corrected chi connectivity index (χ2v) is 11.0. The molecule has 0 saturated carbocycles. The lowest BCUT2D eigenvalue weighted by molar-refractivity contribution is -0.143. The second kappa shape index (κ2) is 10.4. The van der Waals surface area contributed by atoms with Crippen LogP contribution in [-0.2, 0) is 9.53 Å². The number of ether oxygens (including phenoxy) is 1. The molecule has 1 atom stereocenters. The van der Waals surface area contributed by atoms with Crippen LogP contribution in [0.5, 0.6) is 0 Å². The molecule has 7 heteroatoms. The highest BCUT2D eigenvalue weighted by molar-refractivity contribution is 7.98. The fourth-order valence-electron chi connectivity index (χ4n) is 4.09. The van der Waals surface area contributed by atoms with Gasteiger partial charge in [-0.1, -0.05) is 61.6 Å². The van der Waals surface area contributed by atoms with E-state index in [2.05, 4.69) is 31.0 Å². The van der Waals surface area contributed by atoms with E-state index in [4.69, 9.17) is 4.74 Å². The van der Waals surface area contributed by atoms with E-state index in [1.807, 2.05) is 69.5 Å². The van der Waals surface area contributed by atoms with Gasteiger partial charge in [0.05, 0.1) is 27.9 Å². The minimum Gasteiger partial charge on any atom is -0.459 e. The first-order chi connectivity index (χ1) is 16.7. The van der Waals surface area contributed by atoms with E-state index in [0.717, 1.165) is 16.0 Å². The summed E-state index contributed by atoms with van der Waals surface area (Å²) >= 11 is 2.99. The van der Waals surface area contributed by atoms with Crippen molar-refractivity contribution in [3.05, 3.63) is 96.2 Å². The van der Waals surface area contributed by atoms with Gasteiger partial charge in [0.25, 0.3) is 5.56 Å². The zero-order valence-electron chi connectivity index (χ0n) is 20.9. The van der Waals surface area contributed by atoms with Crippen molar-refractivity contribution in [3.8, 4) is 0 Å². The van der Waals surface area contributed by atoms with Crippen LogP contribution in [0.2, 0.25) is 0 Å². The fourth-order valence-corrected chi connectivity index (χ4v) is 5.55. The number of aromatic nitrogens is 1. The zero-order valence-corrected chi connectivity index (χ0v) is 22.5. The molecule has 5 nitrogen and oxygen atoms in total. The summed E-state index contributed by atoms with van der Waals surface area (Å²) in [7, 11) is 0. The molecular formula is C28H30N2O3S2. The Balaban J connectivity index is 1.88. The number of fused-ring (bicyclic) bond motifs is 1. The summed E-state index contributed by atoms with van der Waals surface area (Å²) in [5.41, 5.74) is 3.86. The Morgan fingerprint density at radius 3 is 2.31 bits per heavy atom. The van der Waals surface area contributed by atoms with E-state index >= 15 is 0 Å². The number of carbonyl (C=O) groups excluding carboxylic acids is 1. The summed E-state index contributed by atoms with van der Waals surface area (Å²) in [6.45, 7) is 9.75. The smallest absolute Gasteiger partial charge is 0.338 e. The van der Waals surface area contributed by atoms with Gasteiger partial charge in [0.2, 0.25) is 0 Å². The second-order valence-electron chi connectivity index (χ2n) is 9.13. The fraction of sp³-hybridized carbons (Fsp3) is 0.321. The number of allylic oxidation sites excluding steroid dienone is 1. The highest BCUT2D eigenvalue weighted by atomic mass is 32.2. The number of rotatable bonds is 6. The maximum Gasteiger partial charge on any atom is 0.338 e. The Kier molecular flexibility index (Phi) is 7.47. The third-order valence-electron chi connectivity index (χ3n) is 5.92. The largest absolute Gasteiger partial charge is 0.459 e. The van der Waals surface area contributed by atoms with Gasteiger partial charge >= 0.3 is 5.97 Å². The standard InChI is InChI=1S/C28H30N2O3S2/c1-16(2)20-9-7-19(8-10-20)15-23-26(31)30-25(21-11-13-22(34-6)14-12-21)24(27(32)33-17(3)4)18(5)29-28(30)35-23/h7-17,25H,1-6H3/b23-15-/t25-/m1/s1. The maximum atomic E-state index is 13.7. The van der Waals surface area contributed by atoms with Crippen molar-refractivity contribution in [2.45, 2.75) is 57.6 Å². The molecule has 0 aliphatic carbocycles. The van der Waals surface area contributed by atoms with Gasteiger partial charge in [-0.25, -0.2) is 9.79 Å². The topological polar surface area (TPSA) is 60.7 Å². The van der Waals surface area contributed by atoms with Crippen molar-refractivity contribution < 1.29 is 9.53 Å². The van der Waals surface area contributed by atoms with Gasteiger partial charge in [0.15, 0.2) is 4.80 Å². The Morgan fingerprint density at radius 2 is 1.74 bits per heavy atom. The van der Waals surface area contributed by atoms with Crippen LogP contribution in [0.1, 0.15) is 63.3 Å². The van der Waals surface area contributed by atoms with Gasteiger partial charge in [-0.3, -0.25) is 9.36 Å². The van der Waals surface area contributed by atoms with Crippen LogP contribution in [0, 0.1) is 0 Å². The van der Waals surface area contributed by atoms with E-state index in [0.29, 0.717) is 26.5 Å². The molecule has 3 aromatic rings. The molecule has 2 heterocycles. The quantitative estimate of drug-likeness (QED) is 0.347. The Bertz CT molecular complexity index is 1440. The average molecular weight is 507 g/mol. The predicted octanol–water partition coefficient (Wildman–Crippen LogP) is 5.03. The maximum absolute atomic E-state index is 13.7. The third kappa shape index (κ3) is 5.21. The van der Waals surface area contributed by atoms with Crippen LogP contribution in [0.25, 0.3) is 6.08 Å². The van der Waals surface area contributed by atoms with Crippen molar-refractivity contribution in [1.82, 2.24) is 4.57 Å². The Morgan fingerprint density at radius 1 is 1.09 bits per heavy atom. The normalized spacial score (nSPS) is 16.0. The van der Waals surface area contributed by atoms with Gasteiger partial charge in [-0.2, -0.15) is 0 Å². The molecule has 182 valence electrons. The molecule has 1 aliphatic rings. The first kappa shape index (κ1) is 25.2.